The summed E-state index contributed by atoms with van der Waals surface area (Å²) in [6.45, 7) is 2.88. The molecule has 2 aromatic rings. The molecule has 1 atom stereocenters. The van der Waals surface area contributed by atoms with Gasteiger partial charge in [0.15, 0.2) is 11.5 Å². The van der Waals surface area contributed by atoms with E-state index in [2.05, 4.69) is 28.4 Å². The lowest BCUT2D eigenvalue weighted by Crippen LogP contribution is -2.28. The monoisotopic (exact) mass is 437 g/mol. The summed E-state index contributed by atoms with van der Waals surface area (Å²) in [5.41, 5.74) is 3.07. The van der Waals surface area contributed by atoms with E-state index in [1.54, 1.807) is 11.3 Å². The van der Waals surface area contributed by atoms with E-state index < -0.39 is 0 Å². The Morgan fingerprint density at radius 1 is 1.19 bits per heavy atom. The molecule has 162 valence electrons. The molecular formula is C24H27N3O3S. The summed E-state index contributed by atoms with van der Waals surface area (Å²) in [7, 11) is 0. The molecule has 0 unspecified atom stereocenters. The molecule has 1 aromatic heterocycles. The van der Waals surface area contributed by atoms with Crippen molar-refractivity contribution in [3.05, 3.63) is 39.8 Å². The van der Waals surface area contributed by atoms with Gasteiger partial charge in [-0.15, -0.1) is 11.3 Å². The number of benzene rings is 1. The lowest BCUT2D eigenvalue weighted by molar-refractivity contribution is -0.116. The number of anilines is 1. The van der Waals surface area contributed by atoms with Crippen molar-refractivity contribution in [1.82, 2.24) is 4.90 Å². The number of ether oxygens (including phenoxy) is 2. The maximum Gasteiger partial charge on any atom is 0.226 e. The van der Waals surface area contributed by atoms with Crippen molar-refractivity contribution < 1.29 is 14.3 Å². The zero-order chi connectivity index (χ0) is 21.2. The lowest BCUT2D eigenvalue weighted by atomic mass is 9.96. The molecule has 0 bridgehead atoms. The summed E-state index contributed by atoms with van der Waals surface area (Å²) >= 11 is 1.59. The van der Waals surface area contributed by atoms with E-state index in [1.807, 2.05) is 6.07 Å². The number of hydrogen-bond acceptors (Lipinski definition) is 6. The third-order valence-electron chi connectivity index (χ3n) is 6.48. The van der Waals surface area contributed by atoms with Crippen LogP contribution in [0.1, 0.15) is 59.7 Å². The number of hydrogen-bond donors (Lipinski definition) is 1. The van der Waals surface area contributed by atoms with Gasteiger partial charge in [0.1, 0.15) is 24.3 Å². The van der Waals surface area contributed by atoms with Gasteiger partial charge in [-0.1, -0.05) is 6.07 Å². The van der Waals surface area contributed by atoms with Gasteiger partial charge in [0.05, 0.1) is 5.56 Å². The number of likely N-dealkylation sites (tertiary alicyclic amines) is 1. The first-order valence-electron chi connectivity index (χ1n) is 11.2. The second-order valence-corrected chi connectivity index (χ2v) is 9.53. The standard InChI is InChI=1S/C24H27N3O3S/c25-15-18-17-4-1-2-6-22(17)31-24(18)26-23(28)9-11-27-10-3-5-19(27)16-7-8-20-21(14-16)30-13-12-29-20/h7-8,14,19H,1-6,9-13H2,(H,26,28)/t19-/m0/s1. The van der Waals surface area contributed by atoms with Crippen molar-refractivity contribution in [1.29, 1.82) is 5.26 Å². The van der Waals surface area contributed by atoms with Gasteiger partial charge in [0.2, 0.25) is 5.91 Å². The molecule has 0 saturated carbocycles. The Bertz CT molecular complexity index is 1030. The molecule has 6 nitrogen and oxygen atoms in total. The van der Waals surface area contributed by atoms with Gasteiger partial charge in [-0.3, -0.25) is 9.69 Å². The topological polar surface area (TPSA) is 74.6 Å². The Balaban J connectivity index is 1.22. The van der Waals surface area contributed by atoms with Gasteiger partial charge < -0.3 is 14.8 Å². The van der Waals surface area contributed by atoms with Crippen LogP contribution >= 0.6 is 11.3 Å². The fourth-order valence-electron chi connectivity index (χ4n) is 4.94. The molecule has 1 aromatic carbocycles. The van der Waals surface area contributed by atoms with Gasteiger partial charge in [0.25, 0.3) is 0 Å². The van der Waals surface area contributed by atoms with Crippen molar-refractivity contribution in [2.75, 3.05) is 31.6 Å². The van der Waals surface area contributed by atoms with E-state index in [0.29, 0.717) is 37.8 Å². The molecule has 1 amide bonds. The van der Waals surface area contributed by atoms with Crippen LogP contribution in [0.2, 0.25) is 0 Å². The zero-order valence-electron chi connectivity index (χ0n) is 17.6. The highest BCUT2D eigenvalue weighted by atomic mass is 32.1. The van der Waals surface area contributed by atoms with Crippen LogP contribution in [0.25, 0.3) is 0 Å². The van der Waals surface area contributed by atoms with Crippen molar-refractivity contribution in [3.8, 4) is 17.6 Å². The van der Waals surface area contributed by atoms with Crippen LogP contribution in [-0.2, 0) is 17.6 Å². The van der Waals surface area contributed by atoms with Crippen LogP contribution in [0.5, 0.6) is 11.5 Å². The highest BCUT2D eigenvalue weighted by Gasteiger charge is 2.28. The fourth-order valence-corrected chi connectivity index (χ4v) is 6.20. The van der Waals surface area contributed by atoms with Crippen molar-refractivity contribution in [2.45, 2.75) is 51.0 Å². The number of nitrogens with zero attached hydrogens (tertiary/aromatic N) is 2. The molecular weight excluding hydrogens is 410 g/mol. The predicted molar refractivity (Wildman–Crippen MR) is 120 cm³/mol. The molecule has 1 fully saturated rings. The van der Waals surface area contributed by atoms with E-state index in [-0.39, 0.29) is 5.91 Å². The number of thiophene rings is 1. The third kappa shape index (κ3) is 4.15. The quantitative estimate of drug-likeness (QED) is 0.749. The summed E-state index contributed by atoms with van der Waals surface area (Å²) in [6.07, 6.45) is 6.90. The van der Waals surface area contributed by atoms with Gasteiger partial charge in [0, 0.05) is 23.9 Å². The van der Waals surface area contributed by atoms with E-state index in [4.69, 9.17) is 9.47 Å². The van der Waals surface area contributed by atoms with Gasteiger partial charge in [-0.05, 0) is 68.3 Å². The van der Waals surface area contributed by atoms with Crippen LogP contribution in [0, 0.1) is 11.3 Å². The largest absolute Gasteiger partial charge is 0.486 e. The average molecular weight is 438 g/mol. The van der Waals surface area contributed by atoms with Crippen LogP contribution < -0.4 is 14.8 Å². The molecule has 3 aliphatic rings. The average Bonchev–Trinajstić information content (AvgIpc) is 3.41. The number of nitriles is 1. The molecule has 7 heteroatoms. The van der Waals surface area contributed by atoms with Crippen molar-refractivity contribution >= 4 is 22.2 Å². The Morgan fingerprint density at radius 2 is 2.03 bits per heavy atom. The number of amides is 1. The zero-order valence-corrected chi connectivity index (χ0v) is 18.4. The van der Waals surface area contributed by atoms with Crippen LogP contribution in [0.15, 0.2) is 18.2 Å². The van der Waals surface area contributed by atoms with E-state index in [0.717, 1.165) is 60.7 Å². The van der Waals surface area contributed by atoms with Crippen molar-refractivity contribution in [2.24, 2.45) is 0 Å². The SMILES string of the molecule is N#Cc1c(NC(=O)CCN2CCC[C@H]2c2ccc3c(c2)OCCO3)sc2c1CCCC2. The van der Waals surface area contributed by atoms with Crippen LogP contribution in [0.3, 0.4) is 0 Å². The molecule has 2 aliphatic heterocycles. The molecule has 31 heavy (non-hydrogen) atoms. The van der Waals surface area contributed by atoms with Crippen molar-refractivity contribution in [3.63, 3.8) is 0 Å². The first-order valence-corrected chi connectivity index (χ1v) is 12.0. The summed E-state index contributed by atoms with van der Waals surface area (Å²) < 4.78 is 11.4. The Kier molecular flexibility index (Phi) is 5.84. The molecule has 5 rings (SSSR count). The second-order valence-electron chi connectivity index (χ2n) is 8.42. The maximum absolute atomic E-state index is 12.7. The van der Waals surface area contributed by atoms with E-state index in [1.165, 1.54) is 16.9 Å². The minimum absolute atomic E-state index is 0.0112. The van der Waals surface area contributed by atoms with Crippen LogP contribution in [-0.4, -0.2) is 37.1 Å². The Morgan fingerprint density at radius 3 is 2.90 bits per heavy atom. The smallest absolute Gasteiger partial charge is 0.226 e. The predicted octanol–water partition coefficient (Wildman–Crippen LogP) is 4.44. The van der Waals surface area contributed by atoms with Gasteiger partial charge in [-0.2, -0.15) is 5.26 Å². The molecule has 1 saturated heterocycles. The third-order valence-corrected chi connectivity index (χ3v) is 7.68. The highest BCUT2D eigenvalue weighted by molar-refractivity contribution is 7.16. The summed E-state index contributed by atoms with van der Waals surface area (Å²) in [5.74, 6) is 1.62. The summed E-state index contributed by atoms with van der Waals surface area (Å²) in [5, 5.41) is 13.4. The number of carbonyl (C=O) groups excluding carboxylic acids is 1. The first-order chi connectivity index (χ1) is 15.2. The summed E-state index contributed by atoms with van der Waals surface area (Å²) in [4.78, 5) is 16.4. The molecule has 1 N–H and O–H groups in total. The first kappa shape index (κ1) is 20.3. The minimum Gasteiger partial charge on any atom is -0.486 e. The normalized spacial score (nSPS) is 20.2. The van der Waals surface area contributed by atoms with Crippen LogP contribution in [0.4, 0.5) is 5.00 Å². The Hall–Kier alpha value is -2.56. The van der Waals surface area contributed by atoms with Gasteiger partial charge in [-0.25, -0.2) is 0 Å². The number of fused-ring (bicyclic) bond motifs is 2. The maximum atomic E-state index is 12.7. The lowest BCUT2D eigenvalue weighted by Gasteiger charge is -2.26. The molecule has 0 radical (unpaired) electrons. The summed E-state index contributed by atoms with van der Waals surface area (Å²) in [6, 6.07) is 8.82. The second kappa shape index (κ2) is 8.89. The number of nitrogens with one attached hydrogen (secondary N) is 1. The number of aryl methyl sites for hydroxylation is 1. The number of rotatable bonds is 5. The molecule has 0 spiro atoms. The van der Waals surface area contributed by atoms with E-state index in [9.17, 15) is 10.1 Å². The fraction of sp³-hybridized carbons (Fsp3) is 0.500. The highest BCUT2D eigenvalue weighted by Crippen LogP contribution is 2.39. The van der Waals surface area contributed by atoms with Gasteiger partial charge >= 0.3 is 0 Å². The van der Waals surface area contributed by atoms with E-state index >= 15 is 0 Å². The Labute approximate surface area is 186 Å². The molecule has 3 heterocycles. The minimum atomic E-state index is -0.0112. The number of carbonyl (C=O) groups is 1. The molecule has 1 aliphatic carbocycles.